The third kappa shape index (κ3) is 6.85. The van der Waals surface area contributed by atoms with Crippen molar-refractivity contribution in [3.8, 4) is 11.5 Å². The van der Waals surface area contributed by atoms with Crippen molar-refractivity contribution in [2.24, 2.45) is 0 Å². The molecule has 0 aliphatic heterocycles. The topological polar surface area (TPSA) is 44.8 Å². The van der Waals surface area contributed by atoms with Gasteiger partial charge >= 0.3 is 5.97 Å². The monoisotopic (exact) mass is 382 g/mol. The Morgan fingerprint density at radius 1 is 0.960 bits per heavy atom. The third-order valence-corrected chi connectivity index (χ3v) is 3.87. The first-order valence-corrected chi connectivity index (χ1v) is 8.74. The van der Waals surface area contributed by atoms with Gasteiger partial charge < -0.3 is 14.2 Å². The number of unbranched alkanes of at least 4 members (excludes halogenated alkanes) is 1. The lowest BCUT2D eigenvalue weighted by Crippen LogP contribution is -2.04. The SMILES string of the molecule is CC(=O)OCCCCOc1c(Cl)cc(OCc2ccccc2)cc1Cl. The van der Waals surface area contributed by atoms with Crippen molar-refractivity contribution in [3.05, 3.63) is 58.1 Å². The number of benzene rings is 2. The molecule has 2 aromatic rings. The Morgan fingerprint density at radius 3 is 2.24 bits per heavy atom. The van der Waals surface area contributed by atoms with Gasteiger partial charge in [0, 0.05) is 19.1 Å². The second kappa shape index (κ2) is 10.2. The zero-order valence-corrected chi connectivity index (χ0v) is 15.5. The van der Waals surface area contributed by atoms with Gasteiger partial charge in [-0.15, -0.1) is 0 Å². The van der Waals surface area contributed by atoms with Crippen LogP contribution in [-0.4, -0.2) is 19.2 Å². The molecule has 0 saturated carbocycles. The van der Waals surface area contributed by atoms with Gasteiger partial charge in [0.15, 0.2) is 5.75 Å². The first kappa shape index (κ1) is 19.4. The highest BCUT2D eigenvalue weighted by Crippen LogP contribution is 2.37. The van der Waals surface area contributed by atoms with Gasteiger partial charge in [-0.2, -0.15) is 0 Å². The van der Waals surface area contributed by atoms with E-state index in [4.69, 9.17) is 37.4 Å². The van der Waals surface area contributed by atoms with E-state index in [2.05, 4.69) is 0 Å². The third-order valence-electron chi connectivity index (χ3n) is 3.31. The number of ether oxygens (including phenoxy) is 3. The summed E-state index contributed by atoms with van der Waals surface area (Å²) in [7, 11) is 0. The first-order valence-electron chi connectivity index (χ1n) is 7.98. The minimum absolute atomic E-state index is 0.280. The molecule has 0 aliphatic rings. The minimum atomic E-state index is -0.280. The predicted molar refractivity (Wildman–Crippen MR) is 98.6 cm³/mol. The summed E-state index contributed by atoms with van der Waals surface area (Å²) >= 11 is 12.5. The van der Waals surface area contributed by atoms with Crippen molar-refractivity contribution in [1.29, 1.82) is 0 Å². The molecule has 0 aliphatic carbocycles. The number of rotatable bonds is 9. The van der Waals surface area contributed by atoms with Crippen molar-refractivity contribution < 1.29 is 19.0 Å². The van der Waals surface area contributed by atoms with E-state index < -0.39 is 0 Å². The van der Waals surface area contributed by atoms with Crippen LogP contribution < -0.4 is 9.47 Å². The average molecular weight is 383 g/mol. The van der Waals surface area contributed by atoms with Crippen LogP contribution in [0.5, 0.6) is 11.5 Å². The normalized spacial score (nSPS) is 10.4. The van der Waals surface area contributed by atoms with E-state index in [1.807, 2.05) is 30.3 Å². The highest BCUT2D eigenvalue weighted by Gasteiger charge is 2.11. The molecule has 25 heavy (non-hydrogen) atoms. The molecule has 134 valence electrons. The summed E-state index contributed by atoms with van der Waals surface area (Å²) in [4.78, 5) is 10.7. The van der Waals surface area contributed by atoms with Crippen LogP contribution in [-0.2, 0) is 16.1 Å². The summed E-state index contributed by atoms with van der Waals surface area (Å²) < 4.78 is 16.2. The molecule has 0 atom stereocenters. The van der Waals surface area contributed by atoms with Crippen LogP contribution in [0.4, 0.5) is 0 Å². The molecule has 0 heterocycles. The van der Waals surface area contributed by atoms with Gasteiger partial charge in [0.25, 0.3) is 0 Å². The average Bonchev–Trinajstić information content (AvgIpc) is 2.58. The lowest BCUT2D eigenvalue weighted by molar-refractivity contribution is -0.141. The van der Waals surface area contributed by atoms with Gasteiger partial charge in [-0.1, -0.05) is 53.5 Å². The fourth-order valence-electron chi connectivity index (χ4n) is 2.09. The molecular formula is C19H20Cl2O4. The molecule has 0 amide bonds. The largest absolute Gasteiger partial charge is 0.490 e. The number of hydrogen-bond acceptors (Lipinski definition) is 4. The number of hydrogen-bond donors (Lipinski definition) is 0. The summed E-state index contributed by atoms with van der Waals surface area (Å²) in [6, 6.07) is 13.2. The predicted octanol–water partition coefficient (Wildman–Crippen LogP) is 5.29. The maximum atomic E-state index is 10.7. The first-order chi connectivity index (χ1) is 12.1. The lowest BCUT2D eigenvalue weighted by Gasteiger charge is -2.13. The lowest BCUT2D eigenvalue weighted by atomic mass is 10.2. The van der Waals surface area contributed by atoms with E-state index in [1.54, 1.807) is 12.1 Å². The molecule has 0 radical (unpaired) electrons. The molecule has 0 unspecified atom stereocenters. The van der Waals surface area contributed by atoms with E-state index >= 15 is 0 Å². The van der Waals surface area contributed by atoms with Crippen LogP contribution in [0, 0.1) is 0 Å². The summed E-state index contributed by atoms with van der Waals surface area (Å²) in [5.74, 6) is 0.738. The molecule has 0 fully saturated rings. The Hall–Kier alpha value is -1.91. The highest BCUT2D eigenvalue weighted by molar-refractivity contribution is 6.37. The molecule has 0 spiro atoms. The van der Waals surface area contributed by atoms with E-state index in [9.17, 15) is 4.79 Å². The Balaban J connectivity index is 1.83. The molecule has 2 aromatic carbocycles. The zero-order chi connectivity index (χ0) is 18.1. The number of carbonyl (C=O) groups excluding carboxylic acids is 1. The van der Waals surface area contributed by atoms with Gasteiger partial charge in [-0.05, 0) is 18.4 Å². The fraction of sp³-hybridized carbons (Fsp3) is 0.316. The molecule has 4 nitrogen and oxygen atoms in total. The highest BCUT2D eigenvalue weighted by atomic mass is 35.5. The smallest absolute Gasteiger partial charge is 0.302 e. The fourth-order valence-corrected chi connectivity index (χ4v) is 2.67. The van der Waals surface area contributed by atoms with Crippen molar-refractivity contribution >= 4 is 29.2 Å². The van der Waals surface area contributed by atoms with Crippen molar-refractivity contribution in [3.63, 3.8) is 0 Å². The van der Waals surface area contributed by atoms with Crippen LogP contribution >= 0.6 is 23.2 Å². The van der Waals surface area contributed by atoms with Crippen molar-refractivity contribution in [2.45, 2.75) is 26.4 Å². The molecule has 0 N–H and O–H groups in total. The van der Waals surface area contributed by atoms with Gasteiger partial charge in [0.2, 0.25) is 0 Å². The minimum Gasteiger partial charge on any atom is -0.490 e. The summed E-state index contributed by atoms with van der Waals surface area (Å²) in [5, 5.41) is 0.797. The molecule has 0 aromatic heterocycles. The van der Waals surface area contributed by atoms with Crippen molar-refractivity contribution in [1.82, 2.24) is 0 Å². The molecular weight excluding hydrogens is 363 g/mol. The number of carbonyl (C=O) groups is 1. The van der Waals surface area contributed by atoms with Crippen molar-refractivity contribution in [2.75, 3.05) is 13.2 Å². The van der Waals surface area contributed by atoms with E-state index in [0.29, 0.717) is 47.8 Å². The van der Waals surface area contributed by atoms with Gasteiger partial charge in [-0.25, -0.2) is 0 Å². The number of esters is 1. The summed E-state index contributed by atoms with van der Waals surface area (Å²) in [5.41, 5.74) is 1.06. The van der Waals surface area contributed by atoms with E-state index in [0.717, 1.165) is 12.0 Å². The van der Waals surface area contributed by atoms with Gasteiger partial charge in [-0.3, -0.25) is 4.79 Å². The van der Waals surface area contributed by atoms with Gasteiger partial charge in [0.1, 0.15) is 12.4 Å². The quantitative estimate of drug-likeness (QED) is 0.436. The zero-order valence-electron chi connectivity index (χ0n) is 14.0. The van der Waals surface area contributed by atoms with Crippen LogP contribution in [0.2, 0.25) is 10.0 Å². The second-order valence-corrected chi connectivity index (χ2v) is 6.20. The van der Waals surface area contributed by atoms with E-state index in [-0.39, 0.29) is 5.97 Å². The standard InChI is InChI=1S/C19H20Cl2O4/c1-14(22)23-9-5-6-10-24-19-17(20)11-16(12-18(19)21)25-13-15-7-3-2-4-8-15/h2-4,7-8,11-12H,5-6,9-10,13H2,1H3. The maximum Gasteiger partial charge on any atom is 0.302 e. The Bertz CT molecular complexity index is 666. The van der Waals surface area contributed by atoms with Gasteiger partial charge in [0.05, 0.1) is 23.3 Å². The molecule has 6 heteroatoms. The second-order valence-electron chi connectivity index (χ2n) is 5.39. The van der Waals surface area contributed by atoms with Crippen LogP contribution in [0.25, 0.3) is 0 Å². The van der Waals surface area contributed by atoms with Crippen LogP contribution in [0.15, 0.2) is 42.5 Å². The Kier molecular flexibility index (Phi) is 7.89. The summed E-state index contributed by atoms with van der Waals surface area (Å²) in [6.45, 7) is 2.64. The molecule has 0 bridgehead atoms. The Morgan fingerprint density at radius 2 is 1.60 bits per heavy atom. The number of halogens is 2. The maximum absolute atomic E-state index is 10.7. The summed E-state index contributed by atoms with van der Waals surface area (Å²) in [6.07, 6.45) is 1.44. The molecule has 0 saturated heterocycles. The Labute approximate surface area is 157 Å². The molecule has 2 rings (SSSR count). The van der Waals surface area contributed by atoms with E-state index in [1.165, 1.54) is 6.92 Å². The van der Waals surface area contributed by atoms with Crippen LogP contribution in [0.3, 0.4) is 0 Å². The van der Waals surface area contributed by atoms with Crippen LogP contribution in [0.1, 0.15) is 25.3 Å².